The highest BCUT2D eigenvalue weighted by molar-refractivity contribution is 7.15. The molecule has 1 atom stereocenters. The van der Waals surface area contributed by atoms with Crippen LogP contribution in [0.15, 0.2) is 6.20 Å². The first-order valence-corrected chi connectivity index (χ1v) is 7.49. The van der Waals surface area contributed by atoms with Crippen LogP contribution in [-0.4, -0.2) is 43.6 Å². The van der Waals surface area contributed by atoms with Gasteiger partial charge in [-0.15, -0.1) is 11.3 Å². The van der Waals surface area contributed by atoms with E-state index in [4.69, 9.17) is 5.73 Å². The molecule has 102 valence electrons. The van der Waals surface area contributed by atoms with E-state index in [1.165, 1.54) is 30.8 Å². The molecule has 2 heterocycles. The lowest BCUT2D eigenvalue weighted by molar-refractivity contribution is 0.222. The molecule has 1 saturated heterocycles. The van der Waals surface area contributed by atoms with E-state index in [2.05, 4.69) is 28.9 Å². The summed E-state index contributed by atoms with van der Waals surface area (Å²) >= 11 is 1.72. The Morgan fingerprint density at radius 3 is 2.78 bits per heavy atom. The molecular formula is C13H24N4S. The predicted molar refractivity (Wildman–Crippen MR) is 78.2 cm³/mol. The van der Waals surface area contributed by atoms with E-state index in [0.717, 1.165) is 17.6 Å². The zero-order chi connectivity index (χ0) is 13.1. The molecule has 0 amide bonds. The molecule has 0 saturated carbocycles. The lowest BCUT2D eigenvalue weighted by Gasteiger charge is -2.31. The SMILES string of the molecule is CC(N)c1cnc(N(C)CC2CCN(C)CC2)s1. The normalized spacial score (nSPS) is 20.0. The second-order valence-electron chi connectivity index (χ2n) is 5.46. The van der Waals surface area contributed by atoms with Crippen LogP contribution < -0.4 is 10.6 Å². The zero-order valence-corrected chi connectivity index (χ0v) is 12.4. The highest BCUT2D eigenvalue weighted by Crippen LogP contribution is 2.27. The molecule has 1 aliphatic rings. The molecule has 2 rings (SSSR count). The average Bonchev–Trinajstić information content (AvgIpc) is 2.81. The number of nitrogens with zero attached hydrogens (tertiary/aromatic N) is 3. The molecule has 1 aliphatic heterocycles. The molecule has 0 radical (unpaired) electrons. The number of aromatic nitrogens is 1. The van der Waals surface area contributed by atoms with Crippen molar-refractivity contribution in [3.05, 3.63) is 11.1 Å². The first kappa shape index (κ1) is 13.8. The number of thiazole rings is 1. The summed E-state index contributed by atoms with van der Waals surface area (Å²) in [6, 6.07) is 0.0907. The first-order valence-electron chi connectivity index (χ1n) is 6.67. The van der Waals surface area contributed by atoms with Crippen LogP contribution in [0.1, 0.15) is 30.7 Å². The monoisotopic (exact) mass is 268 g/mol. The fourth-order valence-corrected chi connectivity index (χ4v) is 3.21. The first-order chi connectivity index (χ1) is 8.56. The standard InChI is InChI=1S/C13H24N4S/c1-10(14)12-8-15-13(18-12)17(3)9-11-4-6-16(2)7-5-11/h8,10-11H,4-7,9,14H2,1-3H3. The van der Waals surface area contributed by atoms with E-state index in [1.807, 2.05) is 13.1 Å². The highest BCUT2D eigenvalue weighted by atomic mass is 32.1. The number of piperidine rings is 1. The van der Waals surface area contributed by atoms with Gasteiger partial charge in [-0.1, -0.05) is 0 Å². The maximum atomic E-state index is 5.87. The molecule has 2 N–H and O–H groups in total. The van der Waals surface area contributed by atoms with Gasteiger partial charge in [-0.2, -0.15) is 0 Å². The molecular weight excluding hydrogens is 244 g/mol. The van der Waals surface area contributed by atoms with Crippen molar-refractivity contribution in [2.75, 3.05) is 38.6 Å². The van der Waals surface area contributed by atoms with Gasteiger partial charge in [-0.25, -0.2) is 4.98 Å². The predicted octanol–water partition coefficient (Wildman–Crippen LogP) is 1.94. The molecule has 1 aromatic heterocycles. The fourth-order valence-electron chi connectivity index (χ4n) is 2.37. The number of anilines is 1. The van der Waals surface area contributed by atoms with E-state index in [9.17, 15) is 0 Å². The average molecular weight is 268 g/mol. The molecule has 5 heteroatoms. The lowest BCUT2D eigenvalue weighted by Crippen LogP contribution is -2.35. The molecule has 0 aliphatic carbocycles. The molecule has 1 fully saturated rings. The van der Waals surface area contributed by atoms with Crippen molar-refractivity contribution in [2.24, 2.45) is 11.7 Å². The molecule has 0 bridgehead atoms. The van der Waals surface area contributed by atoms with Crippen LogP contribution >= 0.6 is 11.3 Å². The Morgan fingerprint density at radius 2 is 2.22 bits per heavy atom. The van der Waals surface area contributed by atoms with Crippen LogP contribution in [0.2, 0.25) is 0 Å². The van der Waals surface area contributed by atoms with Crippen LogP contribution in [-0.2, 0) is 0 Å². The van der Waals surface area contributed by atoms with Gasteiger partial charge in [0.25, 0.3) is 0 Å². The summed E-state index contributed by atoms with van der Waals surface area (Å²) in [5.74, 6) is 0.800. The minimum atomic E-state index is 0.0907. The molecule has 0 spiro atoms. The Balaban J connectivity index is 1.88. The zero-order valence-electron chi connectivity index (χ0n) is 11.6. The molecule has 1 unspecified atom stereocenters. The summed E-state index contributed by atoms with van der Waals surface area (Å²) in [4.78, 5) is 10.3. The highest BCUT2D eigenvalue weighted by Gasteiger charge is 2.19. The number of hydrogen-bond acceptors (Lipinski definition) is 5. The van der Waals surface area contributed by atoms with Crippen LogP contribution in [0, 0.1) is 5.92 Å². The fraction of sp³-hybridized carbons (Fsp3) is 0.769. The molecule has 18 heavy (non-hydrogen) atoms. The minimum absolute atomic E-state index is 0.0907. The van der Waals surface area contributed by atoms with Gasteiger partial charge in [-0.3, -0.25) is 0 Å². The number of likely N-dealkylation sites (tertiary alicyclic amines) is 1. The maximum Gasteiger partial charge on any atom is 0.185 e. The summed E-state index contributed by atoms with van der Waals surface area (Å²) in [5, 5.41) is 1.10. The second-order valence-corrected chi connectivity index (χ2v) is 6.50. The summed E-state index contributed by atoms with van der Waals surface area (Å²) in [5.41, 5.74) is 5.87. The number of nitrogens with two attached hydrogens (primary N) is 1. The molecule has 1 aromatic rings. The van der Waals surface area contributed by atoms with Crippen LogP contribution in [0.5, 0.6) is 0 Å². The summed E-state index contributed by atoms with van der Waals surface area (Å²) in [7, 11) is 4.35. The van der Waals surface area contributed by atoms with Gasteiger partial charge in [0.2, 0.25) is 0 Å². The van der Waals surface area contributed by atoms with Gasteiger partial charge < -0.3 is 15.5 Å². The van der Waals surface area contributed by atoms with E-state index in [0.29, 0.717) is 0 Å². The van der Waals surface area contributed by atoms with Gasteiger partial charge in [0, 0.05) is 30.7 Å². The van der Waals surface area contributed by atoms with Crippen molar-refractivity contribution in [2.45, 2.75) is 25.8 Å². The second kappa shape index (κ2) is 5.99. The van der Waals surface area contributed by atoms with Gasteiger partial charge in [0.15, 0.2) is 5.13 Å². The molecule has 0 aromatic carbocycles. The van der Waals surface area contributed by atoms with E-state index in [1.54, 1.807) is 11.3 Å². The third kappa shape index (κ3) is 3.43. The van der Waals surface area contributed by atoms with Gasteiger partial charge in [-0.05, 0) is 45.8 Å². The Morgan fingerprint density at radius 1 is 1.56 bits per heavy atom. The largest absolute Gasteiger partial charge is 0.351 e. The Hall–Kier alpha value is -0.650. The van der Waals surface area contributed by atoms with Crippen molar-refractivity contribution in [1.29, 1.82) is 0 Å². The lowest BCUT2D eigenvalue weighted by atomic mass is 9.97. The van der Waals surface area contributed by atoms with E-state index >= 15 is 0 Å². The topological polar surface area (TPSA) is 45.4 Å². The Kier molecular flexibility index (Phi) is 4.59. The van der Waals surface area contributed by atoms with Crippen molar-refractivity contribution in [1.82, 2.24) is 9.88 Å². The third-order valence-electron chi connectivity index (χ3n) is 3.66. The van der Waals surface area contributed by atoms with Crippen LogP contribution in [0.4, 0.5) is 5.13 Å². The maximum absolute atomic E-state index is 5.87. The van der Waals surface area contributed by atoms with Crippen molar-refractivity contribution >= 4 is 16.5 Å². The van der Waals surface area contributed by atoms with E-state index < -0.39 is 0 Å². The van der Waals surface area contributed by atoms with Gasteiger partial charge in [0.1, 0.15) is 0 Å². The third-order valence-corrected chi connectivity index (χ3v) is 4.97. The summed E-state index contributed by atoms with van der Waals surface area (Å²) < 4.78 is 0. The van der Waals surface area contributed by atoms with Crippen molar-refractivity contribution in [3.8, 4) is 0 Å². The van der Waals surface area contributed by atoms with Crippen molar-refractivity contribution in [3.63, 3.8) is 0 Å². The number of hydrogen-bond donors (Lipinski definition) is 1. The van der Waals surface area contributed by atoms with E-state index in [-0.39, 0.29) is 6.04 Å². The van der Waals surface area contributed by atoms with Crippen LogP contribution in [0.25, 0.3) is 0 Å². The smallest absolute Gasteiger partial charge is 0.185 e. The number of rotatable bonds is 4. The Labute approximate surface area is 114 Å². The minimum Gasteiger partial charge on any atom is -0.351 e. The molecule has 4 nitrogen and oxygen atoms in total. The summed E-state index contributed by atoms with van der Waals surface area (Å²) in [6.07, 6.45) is 4.51. The van der Waals surface area contributed by atoms with Gasteiger partial charge >= 0.3 is 0 Å². The van der Waals surface area contributed by atoms with Crippen LogP contribution in [0.3, 0.4) is 0 Å². The van der Waals surface area contributed by atoms with Gasteiger partial charge in [0.05, 0.1) is 0 Å². The van der Waals surface area contributed by atoms with Crippen molar-refractivity contribution < 1.29 is 0 Å². The quantitative estimate of drug-likeness (QED) is 0.906. The summed E-state index contributed by atoms with van der Waals surface area (Å²) in [6.45, 7) is 5.57. The Bertz CT molecular complexity index is 369.